The van der Waals surface area contributed by atoms with E-state index < -0.39 is 5.91 Å². The Bertz CT molecular complexity index is 1010. The molecule has 5 nitrogen and oxygen atoms in total. The number of hydrazone groups is 1. The molecule has 0 aliphatic heterocycles. The van der Waals surface area contributed by atoms with E-state index >= 15 is 0 Å². The van der Waals surface area contributed by atoms with Gasteiger partial charge in [-0.05, 0) is 48.0 Å². The number of amides is 1. The summed E-state index contributed by atoms with van der Waals surface area (Å²) in [5.74, 6) is -0.0158. The summed E-state index contributed by atoms with van der Waals surface area (Å²) < 4.78 is 6.53. The predicted molar refractivity (Wildman–Crippen MR) is 113 cm³/mol. The highest BCUT2D eigenvalue weighted by atomic mass is 79.9. The number of rotatable bonds is 6. The zero-order valence-corrected chi connectivity index (χ0v) is 16.9. The zero-order valence-electron chi connectivity index (χ0n) is 14.6. The molecule has 7 heteroatoms. The number of para-hydroxylation sites is 1. The minimum Gasteiger partial charge on any atom is -0.507 e. The van der Waals surface area contributed by atoms with Crippen LogP contribution < -0.4 is 10.2 Å². The van der Waals surface area contributed by atoms with Crippen LogP contribution in [-0.2, 0) is 6.61 Å². The Kier molecular flexibility index (Phi) is 6.68. The lowest BCUT2D eigenvalue weighted by Crippen LogP contribution is -2.17. The van der Waals surface area contributed by atoms with Crippen molar-refractivity contribution in [3.8, 4) is 11.5 Å². The van der Waals surface area contributed by atoms with Crippen LogP contribution in [0.1, 0.15) is 21.5 Å². The lowest BCUT2D eigenvalue weighted by molar-refractivity contribution is 0.0952. The molecule has 0 fully saturated rings. The number of nitrogens with zero attached hydrogens (tertiary/aromatic N) is 1. The van der Waals surface area contributed by atoms with E-state index in [4.69, 9.17) is 16.3 Å². The monoisotopic (exact) mass is 458 g/mol. The fraction of sp³-hybridized carbons (Fsp3) is 0.0476. The first kappa shape index (κ1) is 19.9. The molecule has 0 radical (unpaired) electrons. The molecule has 0 aliphatic rings. The molecule has 0 aliphatic carbocycles. The Morgan fingerprint density at radius 3 is 2.68 bits per heavy atom. The molecule has 3 aromatic carbocycles. The van der Waals surface area contributed by atoms with Gasteiger partial charge >= 0.3 is 0 Å². The SMILES string of the molecule is O=C(N/N=C\c1ccccc1OCc1ccc(Cl)cc1)c1cc(Br)ccc1O. The topological polar surface area (TPSA) is 70.9 Å². The highest BCUT2D eigenvalue weighted by Crippen LogP contribution is 2.22. The number of nitrogens with one attached hydrogen (secondary N) is 1. The standard InChI is InChI=1S/C21H16BrClN2O3/c22-16-7-10-19(26)18(11-16)21(27)25-24-12-15-3-1-2-4-20(15)28-13-14-5-8-17(23)9-6-14/h1-12,26H,13H2,(H,25,27)/b24-12-. The molecule has 0 spiro atoms. The number of hydrogen-bond donors (Lipinski definition) is 2. The third-order valence-corrected chi connectivity index (χ3v) is 4.54. The molecule has 0 atom stereocenters. The summed E-state index contributed by atoms with van der Waals surface area (Å²) in [6.07, 6.45) is 1.49. The second-order valence-electron chi connectivity index (χ2n) is 5.81. The number of carbonyl (C=O) groups is 1. The zero-order chi connectivity index (χ0) is 19.9. The van der Waals surface area contributed by atoms with Crippen molar-refractivity contribution >= 4 is 39.7 Å². The van der Waals surface area contributed by atoms with Gasteiger partial charge in [0.05, 0.1) is 11.8 Å². The molecule has 0 saturated carbocycles. The Hall–Kier alpha value is -2.83. The Morgan fingerprint density at radius 2 is 1.89 bits per heavy atom. The van der Waals surface area contributed by atoms with Gasteiger partial charge in [-0.3, -0.25) is 4.79 Å². The third-order valence-electron chi connectivity index (χ3n) is 3.80. The van der Waals surface area contributed by atoms with Crippen molar-refractivity contribution in [1.29, 1.82) is 0 Å². The first-order chi connectivity index (χ1) is 13.5. The van der Waals surface area contributed by atoms with Gasteiger partial charge in [-0.15, -0.1) is 0 Å². The summed E-state index contributed by atoms with van der Waals surface area (Å²) in [5.41, 5.74) is 4.21. The molecule has 0 aromatic heterocycles. The summed E-state index contributed by atoms with van der Waals surface area (Å²) in [4.78, 5) is 12.2. The number of aromatic hydroxyl groups is 1. The minimum atomic E-state index is -0.519. The van der Waals surface area contributed by atoms with Crippen molar-refractivity contribution < 1.29 is 14.6 Å². The fourth-order valence-corrected chi connectivity index (χ4v) is 2.86. The molecule has 142 valence electrons. The molecule has 0 saturated heterocycles. The van der Waals surface area contributed by atoms with E-state index in [1.807, 2.05) is 36.4 Å². The van der Waals surface area contributed by atoms with Gasteiger partial charge in [-0.1, -0.05) is 51.8 Å². The summed E-state index contributed by atoms with van der Waals surface area (Å²) in [6.45, 7) is 0.375. The van der Waals surface area contributed by atoms with Crippen LogP contribution in [0.15, 0.2) is 76.3 Å². The van der Waals surface area contributed by atoms with E-state index in [9.17, 15) is 9.90 Å². The Morgan fingerprint density at radius 1 is 1.14 bits per heavy atom. The van der Waals surface area contributed by atoms with Crippen LogP contribution in [0, 0.1) is 0 Å². The van der Waals surface area contributed by atoms with Gasteiger partial charge in [-0.25, -0.2) is 5.43 Å². The van der Waals surface area contributed by atoms with Crippen LogP contribution in [-0.4, -0.2) is 17.2 Å². The number of halogens is 2. The number of benzene rings is 3. The van der Waals surface area contributed by atoms with E-state index in [0.717, 1.165) is 5.56 Å². The fourth-order valence-electron chi connectivity index (χ4n) is 2.37. The van der Waals surface area contributed by atoms with Gasteiger partial charge in [0.1, 0.15) is 18.1 Å². The lowest BCUT2D eigenvalue weighted by atomic mass is 10.2. The summed E-state index contributed by atoms with van der Waals surface area (Å²) in [6, 6.07) is 19.3. The van der Waals surface area contributed by atoms with E-state index in [1.54, 1.807) is 18.2 Å². The quantitative estimate of drug-likeness (QED) is 0.395. The Balaban J connectivity index is 1.66. The lowest BCUT2D eigenvalue weighted by Gasteiger charge is -2.09. The smallest absolute Gasteiger partial charge is 0.275 e. The van der Waals surface area contributed by atoms with Crippen LogP contribution in [0.4, 0.5) is 0 Å². The predicted octanol–water partition coefficient (Wildman–Crippen LogP) is 5.15. The van der Waals surface area contributed by atoms with E-state index in [2.05, 4.69) is 26.5 Å². The maximum Gasteiger partial charge on any atom is 0.275 e. The van der Waals surface area contributed by atoms with E-state index in [0.29, 0.717) is 27.4 Å². The maximum atomic E-state index is 12.2. The largest absolute Gasteiger partial charge is 0.507 e. The van der Waals surface area contributed by atoms with Gasteiger partial charge in [0.15, 0.2) is 0 Å². The van der Waals surface area contributed by atoms with Crippen molar-refractivity contribution in [3.05, 3.63) is 92.9 Å². The molecule has 0 heterocycles. The maximum absolute atomic E-state index is 12.2. The number of ether oxygens (including phenoxy) is 1. The Labute approximate surface area is 175 Å². The van der Waals surface area contributed by atoms with Crippen molar-refractivity contribution in [2.75, 3.05) is 0 Å². The normalized spacial score (nSPS) is 10.8. The molecular formula is C21H16BrClN2O3. The van der Waals surface area contributed by atoms with Crippen LogP contribution in [0.25, 0.3) is 0 Å². The molecule has 2 N–H and O–H groups in total. The van der Waals surface area contributed by atoms with Gasteiger partial charge in [0.2, 0.25) is 0 Å². The van der Waals surface area contributed by atoms with Gasteiger partial charge in [-0.2, -0.15) is 5.10 Å². The highest BCUT2D eigenvalue weighted by molar-refractivity contribution is 9.10. The van der Waals surface area contributed by atoms with Crippen LogP contribution >= 0.6 is 27.5 Å². The van der Waals surface area contributed by atoms with Crippen molar-refractivity contribution in [2.45, 2.75) is 6.61 Å². The highest BCUT2D eigenvalue weighted by Gasteiger charge is 2.10. The van der Waals surface area contributed by atoms with Gasteiger partial charge in [0.25, 0.3) is 5.91 Å². The molecule has 3 aromatic rings. The molecule has 28 heavy (non-hydrogen) atoms. The molecule has 1 amide bonds. The minimum absolute atomic E-state index is 0.123. The molecular weight excluding hydrogens is 444 g/mol. The summed E-state index contributed by atoms with van der Waals surface area (Å²) in [5, 5.41) is 14.4. The number of carbonyl (C=O) groups excluding carboxylic acids is 1. The van der Waals surface area contributed by atoms with E-state index in [-0.39, 0.29) is 11.3 Å². The molecule has 0 unspecified atom stereocenters. The average molecular weight is 460 g/mol. The van der Waals surface area contributed by atoms with Crippen LogP contribution in [0.5, 0.6) is 11.5 Å². The number of phenolic OH excluding ortho intramolecular Hbond substituents is 1. The third kappa shape index (κ3) is 5.34. The van der Waals surface area contributed by atoms with Crippen molar-refractivity contribution in [1.82, 2.24) is 5.43 Å². The first-order valence-corrected chi connectivity index (χ1v) is 9.48. The van der Waals surface area contributed by atoms with Crippen molar-refractivity contribution in [3.63, 3.8) is 0 Å². The average Bonchev–Trinajstić information content (AvgIpc) is 2.70. The first-order valence-electron chi connectivity index (χ1n) is 8.31. The molecule has 0 bridgehead atoms. The molecule has 3 rings (SSSR count). The van der Waals surface area contributed by atoms with Crippen LogP contribution in [0.3, 0.4) is 0 Å². The van der Waals surface area contributed by atoms with Gasteiger partial charge in [0, 0.05) is 15.1 Å². The summed E-state index contributed by atoms with van der Waals surface area (Å²) in [7, 11) is 0. The van der Waals surface area contributed by atoms with Gasteiger partial charge < -0.3 is 9.84 Å². The van der Waals surface area contributed by atoms with Crippen LogP contribution in [0.2, 0.25) is 5.02 Å². The second kappa shape index (κ2) is 9.39. The summed E-state index contributed by atoms with van der Waals surface area (Å²) >= 11 is 9.15. The second-order valence-corrected chi connectivity index (χ2v) is 7.17. The van der Waals surface area contributed by atoms with Crippen molar-refractivity contribution in [2.24, 2.45) is 5.10 Å². The van der Waals surface area contributed by atoms with E-state index in [1.165, 1.54) is 18.3 Å². The number of hydrogen-bond acceptors (Lipinski definition) is 4. The number of phenols is 1.